The molecule has 76 valence electrons. The Balaban J connectivity index is 3.95. The van der Waals surface area contributed by atoms with E-state index in [2.05, 4.69) is 20.8 Å². The molecule has 0 aromatic heterocycles. The van der Waals surface area contributed by atoms with E-state index in [1.54, 1.807) is 0 Å². The molecular weight excluding hydrogens is 171 g/mol. The standard InChI is InChI=1S/C9H23O2P/c1-5-9-11-12(7-3,8-4)10-6-2/h12H,5-9H2,1-4H3. The predicted molar refractivity (Wildman–Crippen MR) is 57.3 cm³/mol. The van der Waals surface area contributed by atoms with Gasteiger partial charge < -0.3 is 0 Å². The maximum atomic E-state index is 5.83. The van der Waals surface area contributed by atoms with Gasteiger partial charge in [0.25, 0.3) is 0 Å². The second-order valence-electron chi connectivity index (χ2n) is 2.90. The van der Waals surface area contributed by atoms with E-state index < -0.39 is 7.72 Å². The molecule has 0 N–H and O–H groups in total. The fourth-order valence-electron chi connectivity index (χ4n) is 1.25. The van der Waals surface area contributed by atoms with Crippen LogP contribution in [0, 0.1) is 0 Å². The second kappa shape index (κ2) is 6.82. The summed E-state index contributed by atoms with van der Waals surface area (Å²) in [5.41, 5.74) is 0. The molecule has 0 aliphatic rings. The molecule has 0 atom stereocenters. The van der Waals surface area contributed by atoms with E-state index in [9.17, 15) is 0 Å². The zero-order valence-electron chi connectivity index (χ0n) is 8.85. The van der Waals surface area contributed by atoms with Crippen molar-refractivity contribution in [3.63, 3.8) is 0 Å². The fourth-order valence-corrected chi connectivity index (χ4v) is 3.75. The van der Waals surface area contributed by atoms with Crippen molar-refractivity contribution in [1.29, 1.82) is 0 Å². The second-order valence-corrected chi connectivity index (χ2v) is 6.71. The van der Waals surface area contributed by atoms with Crippen LogP contribution < -0.4 is 0 Å². The van der Waals surface area contributed by atoms with Crippen LogP contribution in [0.5, 0.6) is 0 Å². The first kappa shape index (κ1) is 12.3. The van der Waals surface area contributed by atoms with E-state index in [1.807, 2.05) is 6.92 Å². The van der Waals surface area contributed by atoms with E-state index in [-0.39, 0.29) is 0 Å². The Bertz CT molecular complexity index is 103. The fraction of sp³-hybridized carbons (Fsp3) is 1.00. The third-order valence-corrected chi connectivity index (χ3v) is 5.75. The van der Waals surface area contributed by atoms with Gasteiger partial charge in [-0.15, -0.1) is 0 Å². The van der Waals surface area contributed by atoms with Crippen LogP contribution in [-0.2, 0) is 9.05 Å². The minimum atomic E-state index is -1.76. The summed E-state index contributed by atoms with van der Waals surface area (Å²) in [7, 11) is -1.76. The predicted octanol–water partition coefficient (Wildman–Crippen LogP) is 3.07. The van der Waals surface area contributed by atoms with Gasteiger partial charge in [-0.2, -0.15) is 0 Å². The van der Waals surface area contributed by atoms with Gasteiger partial charge in [0.15, 0.2) is 0 Å². The van der Waals surface area contributed by atoms with Crippen LogP contribution in [-0.4, -0.2) is 25.5 Å². The first-order valence-corrected chi connectivity index (χ1v) is 7.25. The minimum absolute atomic E-state index is 0.789. The first-order valence-electron chi connectivity index (χ1n) is 5.02. The average Bonchev–Trinajstić information content (AvgIpc) is 2.13. The van der Waals surface area contributed by atoms with Gasteiger partial charge in [0.05, 0.1) is 0 Å². The summed E-state index contributed by atoms with van der Waals surface area (Å²) in [6.45, 7) is 10.2. The Hall–Kier alpha value is 0.350. The van der Waals surface area contributed by atoms with Crippen molar-refractivity contribution >= 4 is 7.72 Å². The van der Waals surface area contributed by atoms with Crippen LogP contribution in [0.25, 0.3) is 0 Å². The van der Waals surface area contributed by atoms with Crippen molar-refractivity contribution in [2.75, 3.05) is 25.5 Å². The molecule has 3 heteroatoms. The molecular formula is C9H23O2P. The van der Waals surface area contributed by atoms with E-state index in [0.717, 1.165) is 32.0 Å². The van der Waals surface area contributed by atoms with Gasteiger partial charge in [0.1, 0.15) is 0 Å². The van der Waals surface area contributed by atoms with Crippen LogP contribution >= 0.6 is 7.72 Å². The Kier molecular flexibility index (Phi) is 7.02. The van der Waals surface area contributed by atoms with Crippen molar-refractivity contribution in [3.8, 4) is 0 Å². The van der Waals surface area contributed by atoms with Crippen LogP contribution in [0.1, 0.15) is 34.1 Å². The number of hydrogen-bond acceptors (Lipinski definition) is 2. The molecule has 0 saturated carbocycles. The Morgan fingerprint density at radius 2 is 1.50 bits per heavy atom. The molecule has 0 fully saturated rings. The monoisotopic (exact) mass is 194 g/mol. The third kappa shape index (κ3) is 3.84. The Labute approximate surface area is 77.1 Å². The first-order chi connectivity index (χ1) is 5.74. The molecule has 0 spiro atoms. The molecule has 0 aromatic carbocycles. The molecule has 0 rings (SSSR count). The molecule has 0 saturated heterocycles. The van der Waals surface area contributed by atoms with Gasteiger partial charge in [-0.3, -0.25) is 0 Å². The molecule has 0 heterocycles. The van der Waals surface area contributed by atoms with Gasteiger partial charge in [0, 0.05) is 0 Å². The van der Waals surface area contributed by atoms with Gasteiger partial charge in [0.2, 0.25) is 0 Å². The maximum absolute atomic E-state index is 5.83. The topological polar surface area (TPSA) is 18.5 Å². The number of hydrogen-bond donors (Lipinski definition) is 0. The molecule has 2 nitrogen and oxygen atoms in total. The van der Waals surface area contributed by atoms with Crippen LogP contribution in [0.2, 0.25) is 0 Å². The van der Waals surface area contributed by atoms with Crippen molar-refractivity contribution in [2.24, 2.45) is 0 Å². The zero-order chi connectivity index (χ0) is 9.45. The summed E-state index contributed by atoms with van der Waals surface area (Å²) in [5, 5.41) is 0. The average molecular weight is 194 g/mol. The van der Waals surface area contributed by atoms with Crippen LogP contribution in [0.15, 0.2) is 0 Å². The quantitative estimate of drug-likeness (QED) is 0.580. The van der Waals surface area contributed by atoms with Crippen molar-refractivity contribution < 1.29 is 9.05 Å². The normalized spacial score (nSPS) is 13.3. The van der Waals surface area contributed by atoms with Crippen LogP contribution in [0.3, 0.4) is 0 Å². The molecule has 12 heavy (non-hydrogen) atoms. The van der Waals surface area contributed by atoms with Crippen LogP contribution in [0.4, 0.5) is 0 Å². The third-order valence-electron chi connectivity index (χ3n) is 2.05. The van der Waals surface area contributed by atoms with Gasteiger partial charge in [-0.1, -0.05) is 0 Å². The van der Waals surface area contributed by atoms with Crippen molar-refractivity contribution in [1.82, 2.24) is 0 Å². The Morgan fingerprint density at radius 3 is 1.83 bits per heavy atom. The molecule has 0 amide bonds. The van der Waals surface area contributed by atoms with E-state index >= 15 is 0 Å². The van der Waals surface area contributed by atoms with E-state index in [1.165, 1.54) is 0 Å². The molecule has 0 unspecified atom stereocenters. The summed E-state index contributed by atoms with van der Waals surface area (Å²) in [6.07, 6.45) is 3.22. The summed E-state index contributed by atoms with van der Waals surface area (Å²) >= 11 is 0. The summed E-state index contributed by atoms with van der Waals surface area (Å²) < 4.78 is 11.6. The van der Waals surface area contributed by atoms with Gasteiger partial charge in [-0.05, 0) is 0 Å². The molecule has 0 aliphatic carbocycles. The molecule has 0 radical (unpaired) electrons. The number of rotatable bonds is 7. The van der Waals surface area contributed by atoms with E-state index in [4.69, 9.17) is 9.05 Å². The van der Waals surface area contributed by atoms with Crippen molar-refractivity contribution in [2.45, 2.75) is 34.1 Å². The summed E-state index contributed by atoms with van der Waals surface area (Å²) in [4.78, 5) is 0. The zero-order valence-corrected chi connectivity index (χ0v) is 9.85. The molecule has 0 aliphatic heterocycles. The van der Waals surface area contributed by atoms with E-state index in [0.29, 0.717) is 0 Å². The summed E-state index contributed by atoms with van der Waals surface area (Å²) in [5.74, 6) is 0. The SMILES string of the molecule is CCCO[PH](CC)(CC)OCC. The molecule has 0 bridgehead atoms. The summed E-state index contributed by atoms with van der Waals surface area (Å²) in [6, 6.07) is 0. The van der Waals surface area contributed by atoms with Crippen molar-refractivity contribution in [3.05, 3.63) is 0 Å². The van der Waals surface area contributed by atoms with Gasteiger partial charge in [-0.25, -0.2) is 0 Å². The Morgan fingerprint density at radius 1 is 0.917 bits per heavy atom. The van der Waals surface area contributed by atoms with Gasteiger partial charge >= 0.3 is 76.4 Å². The molecule has 0 aromatic rings.